The van der Waals surface area contributed by atoms with Crippen LogP contribution in [0.5, 0.6) is 0 Å². The molecule has 0 saturated carbocycles. The number of hydrazine groups is 1. The predicted octanol–water partition coefficient (Wildman–Crippen LogP) is 2.46. The summed E-state index contributed by atoms with van der Waals surface area (Å²) >= 11 is 0. The van der Waals surface area contributed by atoms with Gasteiger partial charge >= 0.3 is 0 Å². The van der Waals surface area contributed by atoms with Crippen LogP contribution >= 0.6 is 0 Å². The van der Waals surface area contributed by atoms with E-state index in [1.165, 1.54) is 25.7 Å². The van der Waals surface area contributed by atoms with Gasteiger partial charge in [-0.2, -0.15) is 0 Å². The molecular weight excluding hydrogens is 188 g/mol. The van der Waals surface area contributed by atoms with E-state index in [-0.39, 0.29) is 12.1 Å². The van der Waals surface area contributed by atoms with Crippen LogP contribution in [0.4, 0.5) is 0 Å². The first kappa shape index (κ1) is 14.9. The third kappa shape index (κ3) is 6.13. The maximum Gasteiger partial charge on any atom is 0.0709 e. The van der Waals surface area contributed by atoms with Crippen LogP contribution in [-0.4, -0.2) is 19.3 Å². The van der Waals surface area contributed by atoms with Crippen LogP contribution in [0.25, 0.3) is 0 Å². The Bertz CT molecular complexity index is 142. The van der Waals surface area contributed by atoms with E-state index in [2.05, 4.69) is 26.2 Å². The van der Waals surface area contributed by atoms with Gasteiger partial charge in [0.1, 0.15) is 0 Å². The molecule has 3 atom stereocenters. The zero-order chi connectivity index (χ0) is 11.7. The first-order valence-corrected chi connectivity index (χ1v) is 6.18. The lowest BCUT2D eigenvalue weighted by atomic mass is 9.90. The van der Waals surface area contributed by atoms with Crippen molar-refractivity contribution in [2.45, 2.75) is 65.0 Å². The molecule has 3 heteroatoms. The second-order valence-electron chi connectivity index (χ2n) is 4.37. The van der Waals surface area contributed by atoms with Gasteiger partial charge in [-0.05, 0) is 19.3 Å². The van der Waals surface area contributed by atoms with Gasteiger partial charge in [-0.15, -0.1) is 0 Å². The molecule has 0 aliphatic carbocycles. The lowest BCUT2D eigenvalue weighted by molar-refractivity contribution is 0.0727. The average Bonchev–Trinajstić information content (AvgIpc) is 2.28. The maximum atomic E-state index is 5.55. The predicted molar refractivity (Wildman–Crippen MR) is 65.5 cm³/mol. The smallest absolute Gasteiger partial charge is 0.0709 e. The number of rotatable bonds is 9. The summed E-state index contributed by atoms with van der Waals surface area (Å²) in [6, 6.07) is 0.275. The molecule has 3 N–H and O–H groups in total. The zero-order valence-electron chi connectivity index (χ0n) is 10.8. The van der Waals surface area contributed by atoms with Gasteiger partial charge in [-0.1, -0.05) is 39.5 Å². The summed E-state index contributed by atoms with van der Waals surface area (Å²) in [6.07, 6.45) is 6.43. The van der Waals surface area contributed by atoms with Crippen molar-refractivity contribution in [3.63, 3.8) is 0 Å². The summed E-state index contributed by atoms with van der Waals surface area (Å²) in [5, 5.41) is 0. The Balaban J connectivity index is 3.99. The van der Waals surface area contributed by atoms with Gasteiger partial charge in [0.2, 0.25) is 0 Å². The quantitative estimate of drug-likeness (QED) is 0.460. The van der Waals surface area contributed by atoms with Crippen molar-refractivity contribution < 1.29 is 4.74 Å². The van der Waals surface area contributed by atoms with E-state index < -0.39 is 0 Å². The van der Waals surface area contributed by atoms with Crippen LogP contribution in [0.1, 0.15) is 52.9 Å². The van der Waals surface area contributed by atoms with Gasteiger partial charge in [0, 0.05) is 13.2 Å². The molecule has 3 nitrogen and oxygen atoms in total. The second-order valence-corrected chi connectivity index (χ2v) is 4.37. The number of hydrogen-bond acceptors (Lipinski definition) is 3. The Morgan fingerprint density at radius 3 is 2.40 bits per heavy atom. The van der Waals surface area contributed by atoms with E-state index in [0.717, 1.165) is 12.3 Å². The van der Waals surface area contributed by atoms with Gasteiger partial charge < -0.3 is 4.74 Å². The first-order valence-electron chi connectivity index (χ1n) is 6.18. The number of nitrogens with one attached hydrogen (secondary N) is 1. The summed E-state index contributed by atoms with van der Waals surface area (Å²) < 4.78 is 5.31. The molecule has 0 aromatic heterocycles. The van der Waals surface area contributed by atoms with Crippen molar-refractivity contribution in [2.24, 2.45) is 11.8 Å². The minimum Gasteiger partial charge on any atom is -0.380 e. The van der Waals surface area contributed by atoms with Gasteiger partial charge in [-0.3, -0.25) is 11.3 Å². The molecule has 0 radical (unpaired) electrons. The first-order chi connectivity index (χ1) is 7.19. The molecule has 0 fully saturated rings. The molecule has 15 heavy (non-hydrogen) atoms. The summed E-state index contributed by atoms with van der Waals surface area (Å²) in [7, 11) is 1.74. The van der Waals surface area contributed by atoms with Crippen molar-refractivity contribution in [2.75, 3.05) is 7.11 Å². The van der Waals surface area contributed by atoms with Crippen LogP contribution in [0.3, 0.4) is 0 Å². The maximum absolute atomic E-state index is 5.55. The molecule has 0 aliphatic heterocycles. The van der Waals surface area contributed by atoms with E-state index in [0.29, 0.717) is 0 Å². The van der Waals surface area contributed by atoms with Crippen LogP contribution in [0.2, 0.25) is 0 Å². The highest BCUT2D eigenvalue weighted by molar-refractivity contribution is 4.74. The summed E-state index contributed by atoms with van der Waals surface area (Å²) in [5.41, 5.74) is 2.87. The van der Waals surface area contributed by atoms with Gasteiger partial charge in [-0.25, -0.2) is 0 Å². The van der Waals surface area contributed by atoms with Crippen molar-refractivity contribution in [3.8, 4) is 0 Å². The topological polar surface area (TPSA) is 47.3 Å². The number of unbranched alkanes of at least 4 members (excludes halogenated alkanes) is 1. The van der Waals surface area contributed by atoms with Gasteiger partial charge in [0.15, 0.2) is 0 Å². The third-order valence-electron chi connectivity index (χ3n) is 3.28. The Labute approximate surface area is 94.7 Å². The molecule has 0 aromatic rings. The fourth-order valence-corrected chi connectivity index (χ4v) is 1.90. The van der Waals surface area contributed by atoms with Crippen molar-refractivity contribution in [1.29, 1.82) is 0 Å². The lowest BCUT2D eigenvalue weighted by Crippen LogP contribution is -2.44. The molecule has 0 bridgehead atoms. The molecule has 0 amide bonds. The Morgan fingerprint density at radius 2 is 2.00 bits per heavy atom. The number of nitrogens with two attached hydrogens (primary N) is 1. The summed E-state index contributed by atoms with van der Waals surface area (Å²) in [6.45, 7) is 6.56. The standard InChI is InChI=1S/C12H28N2O/c1-5-7-8-11(6-2)9-12(14-13)10(3)15-4/h10-12,14H,5-9,13H2,1-4H3. The van der Waals surface area contributed by atoms with Crippen molar-refractivity contribution in [1.82, 2.24) is 5.43 Å². The Kier molecular flexibility index (Phi) is 9.06. The van der Waals surface area contributed by atoms with E-state index in [4.69, 9.17) is 10.6 Å². The van der Waals surface area contributed by atoms with Crippen LogP contribution in [-0.2, 0) is 4.74 Å². The molecule has 0 saturated heterocycles. The number of hydrogen-bond donors (Lipinski definition) is 2. The van der Waals surface area contributed by atoms with E-state index in [1.54, 1.807) is 7.11 Å². The van der Waals surface area contributed by atoms with Crippen LogP contribution in [0, 0.1) is 5.92 Å². The van der Waals surface area contributed by atoms with Gasteiger partial charge in [0.05, 0.1) is 6.10 Å². The van der Waals surface area contributed by atoms with Crippen molar-refractivity contribution >= 4 is 0 Å². The molecule has 0 rings (SSSR count). The molecule has 0 heterocycles. The number of methoxy groups -OCH3 is 1. The number of ether oxygens (including phenoxy) is 1. The molecule has 92 valence electrons. The molecule has 3 unspecified atom stereocenters. The highest BCUT2D eigenvalue weighted by Gasteiger charge is 2.19. The van der Waals surface area contributed by atoms with E-state index in [9.17, 15) is 0 Å². The van der Waals surface area contributed by atoms with E-state index >= 15 is 0 Å². The van der Waals surface area contributed by atoms with Crippen molar-refractivity contribution in [3.05, 3.63) is 0 Å². The molecular formula is C12H28N2O. The minimum atomic E-state index is 0.186. The van der Waals surface area contributed by atoms with Crippen LogP contribution in [0.15, 0.2) is 0 Å². The fraction of sp³-hybridized carbons (Fsp3) is 1.00. The Morgan fingerprint density at radius 1 is 1.33 bits per heavy atom. The SMILES string of the molecule is CCCCC(CC)CC(NN)C(C)OC. The minimum absolute atomic E-state index is 0.186. The fourth-order valence-electron chi connectivity index (χ4n) is 1.90. The highest BCUT2D eigenvalue weighted by Crippen LogP contribution is 2.20. The molecule has 0 aliphatic rings. The zero-order valence-corrected chi connectivity index (χ0v) is 10.8. The normalized spacial score (nSPS) is 17.4. The largest absolute Gasteiger partial charge is 0.380 e. The lowest BCUT2D eigenvalue weighted by Gasteiger charge is -2.26. The van der Waals surface area contributed by atoms with Gasteiger partial charge in [0.25, 0.3) is 0 Å². The monoisotopic (exact) mass is 216 g/mol. The second kappa shape index (κ2) is 9.13. The summed E-state index contributed by atoms with van der Waals surface area (Å²) in [4.78, 5) is 0. The highest BCUT2D eigenvalue weighted by atomic mass is 16.5. The Hall–Kier alpha value is -0.120. The third-order valence-corrected chi connectivity index (χ3v) is 3.28. The van der Waals surface area contributed by atoms with Crippen LogP contribution < -0.4 is 11.3 Å². The molecule has 0 spiro atoms. The average molecular weight is 216 g/mol. The molecule has 0 aromatic carbocycles. The van der Waals surface area contributed by atoms with E-state index in [1.807, 2.05) is 0 Å². The summed E-state index contributed by atoms with van der Waals surface area (Å²) in [5.74, 6) is 6.32.